The number of rotatable bonds is 8. The van der Waals surface area contributed by atoms with Crippen molar-refractivity contribution in [2.75, 3.05) is 13.7 Å². The van der Waals surface area contributed by atoms with Gasteiger partial charge in [-0.3, -0.25) is 4.79 Å². The van der Waals surface area contributed by atoms with Crippen molar-refractivity contribution in [1.29, 1.82) is 0 Å². The lowest BCUT2D eigenvalue weighted by molar-refractivity contribution is -0.140. The number of unbranched alkanes of at least 4 members (excludes halogenated alkanes) is 2. The zero-order valence-corrected chi connectivity index (χ0v) is 15.9. The highest BCUT2D eigenvalue weighted by Gasteiger charge is 2.23. The summed E-state index contributed by atoms with van der Waals surface area (Å²) in [7, 11) is 1.37. The summed E-state index contributed by atoms with van der Waals surface area (Å²) >= 11 is 3.45. The van der Waals surface area contributed by atoms with Gasteiger partial charge in [0, 0.05) is 12.0 Å². The molecule has 0 spiro atoms. The molecule has 0 amide bonds. The number of halogens is 1. The molecule has 0 radical (unpaired) electrons. The highest BCUT2D eigenvalue weighted by atomic mass is 79.9. The summed E-state index contributed by atoms with van der Waals surface area (Å²) in [5, 5.41) is 0. The summed E-state index contributed by atoms with van der Waals surface area (Å²) < 4.78 is 16.2. The molecule has 134 valence electrons. The fourth-order valence-electron chi connectivity index (χ4n) is 2.41. The van der Waals surface area contributed by atoms with Crippen LogP contribution in [0.15, 0.2) is 39.2 Å². The second kappa shape index (κ2) is 9.42. The van der Waals surface area contributed by atoms with Gasteiger partial charge in [0.15, 0.2) is 0 Å². The highest BCUT2D eigenvalue weighted by Crippen LogP contribution is 2.36. The Morgan fingerprint density at radius 1 is 1.12 bits per heavy atom. The van der Waals surface area contributed by atoms with Crippen LogP contribution in [0.5, 0.6) is 0 Å². The number of carbonyl (C=O) groups is 2. The van der Waals surface area contributed by atoms with Gasteiger partial charge in [-0.15, -0.1) is 0 Å². The van der Waals surface area contributed by atoms with Crippen LogP contribution >= 0.6 is 15.9 Å². The fourth-order valence-corrected chi connectivity index (χ4v) is 3.16. The van der Waals surface area contributed by atoms with E-state index >= 15 is 0 Å². The van der Waals surface area contributed by atoms with Gasteiger partial charge in [0.2, 0.25) is 0 Å². The number of hydrogen-bond donors (Lipinski definition) is 0. The SMILES string of the molecule is COC(=O)CCCCCOC(=O)c1c(C)oc(-c2ccccc2)c1Br. The van der Waals surface area contributed by atoms with Gasteiger partial charge < -0.3 is 13.9 Å². The number of esters is 2. The third kappa shape index (κ3) is 5.19. The van der Waals surface area contributed by atoms with E-state index < -0.39 is 5.97 Å². The lowest BCUT2D eigenvalue weighted by Gasteiger charge is -2.04. The van der Waals surface area contributed by atoms with E-state index in [1.165, 1.54) is 7.11 Å². The van der Waals surface area contributed by atoms with E-state index in [1.807, 2.05) is 30.3 Å². The molecule has 0 aliphatic rings. The molecule has 0 N–H and O–H groups in total. The first-order valence-electron chi connectivity index (χ1n) is 8.12. The predicted octanol–water partition coefficient (Wildman–Crippen LogP) is 4.91. The largest absolute Gasteiger partial charge is 0.469 e. The summed E-state index contributed by atoms with van der Waals surface area (Å²) in [5.41, 5.74) is 1.30. The van der Waals surface area contributed by atoms with Crippen LogP contribution in [0.2, 0.25) is 0 Å². The molecule has 0 fully saturated rings. The van der Waals surface area contributed by atoms with Gasteiger partial charge in [-0.05, 0) is 42.1 Å². The van der Waals surface area contributed by atoms with Crippen LogP contribution in [0.25, 0.3) is 11.3 Å². The number of benzene rings is 1. The minimum atomic E-state index is -0.414. The van der Waals surface area contributed by atoms with Crippen LogP contribution in [-0.2, 0) is 14.3 Å². The van der Waals surface area contributed by atoms with Crippen molar-refractivity contribution in [3.8, 4) is 11.3 Å². The number of carbonyl (C=O) groups excluding carboxylic acids is 2. The summed E-state index contributed by atoms with van der Waals surface area (Å²) in [6.07, 6.45) is 2.60. The quantitative estimate of drug-likeness (QED) is 0.458. The maximum absolute atomic E-state index is 12.3. The van der Waals surface area contributed by atoms with Crippen molar-refractivity contribution in [1.82, 2.24) is 0 Å². The first kappa shape index (κ1) is 19.2. The topological polar surface area (TPSA) is 65.7 Å². The zero-order valence-electron chi connectivity index (χ0n) is 14.3. The maximum Gasteiger partial charge on any atom is 0.342 e. The van der Waals surface area contributed by atoms with Gasteiger partial charge in [0.1, 0.15) is 17.1 Å². The Labute approximate surface area is 155 Å². The molecule has 2 rings (SSSR count). The smallest absolute Gasteiger partial charge is 0.342 e. The lowest BCUT2D eigenvalue weighted by atomic mass is 10.1. The first-order valence-corrected chi connectivity index (χ1v) is 8.92. The molecule has 0 aliphatic heterocycles. The third-order valence-electron chi connectivity index (χ3n) is 3.75. The van der Waals surface area contributed by atoms with Crippen molar-refractivity contribution in [3.05, 3.63) is 46.1 Å². The van der Waals surface area contributed by atoms with E-state index in [2.05, 4.69) is 20.7 Å². The van der Waals surface area contributed by atoms with E-state index in [4.69, 9.17) is 9.15 Å². The number of hydrogen-bond acceptors (Lipinski definition) is 5. The molecule has 0 saturated carbocycles. The van der Waals surface area contributed by atoms with E-state index in [0.717, 1.165) is 18.4 Å². The molecule has 0 aliphatic carbocycles. The standard InChI is InChI=1S/C19H21BrO5/c1-13-16(17(20)18(25-13)14-9-5-3-6-10-14)19(22)24-12-8-4-7-11-15(21)23-2/h3,5-6,9-10H,4,7-8,11-12H2,1-2H3. The Kier molecular flexibility index (Phi) is 7.25. The molecule has 1 heterocycles. The predicted molar refractivity (Wildman–Crippen MR) is 97.3 cm³/mol. The highest BCUT2D eigenvalue weighted by molar-refractivity contribution is 9.10. The van der Waals surface area contributed by atoms with Crippen molar-refractivity contribution >= 4 is 27.9 Å². The molecule has 5 nitrogen and oxygen atoms in total. The minimum absolute atomic E-state index is 0.219. The van der Waals surface area contributed by atoms with Crippen LogP contribution in [0.3, 0.4) is 0 Å². The van der Waals surface area contributed by atoms with Crippen LogP contribution in [-0.4, -0.2) is 25.7 Å². The van der Waals surface area contributed by atoms with Gasteiger partial charge in [-0.1, -0.05) is 30.3 Å². The second-order valence-corrected chi connectivity index (χ2v) is 6.36. The summed E-state index contributed by atoms with van der Waals surface area (Å²) in [6, 6.07) is 9.57. The Morgan fingerprint density at radius 3 is 2.52 bits per heavy atom. The number of aryl methyl sites for hydroxylation is 1. The van der Waals surface area contributed by atoms with Gasteiger partial charge in [0.05, 0.1) is 18.2 Å². The molecule has 2 aromatic rings. The van der Waals surface area contributed by atoms with E-state index in [9.17, 15) is 9.59 Å². The molecule has 0 unspecified atom stereocenters. The van der Waals surface area contributed by atoms with Gasteiger partial charge >= 0.3 is 11.9 Å². The zero-order chi connectivity index (χ0) is 18.2. The van der Waals surface area contributed by atoms with Gasteiger partial charge in [-0.25, -0.2) is 4.79 Å². The van der Waals surface area contributed by atoms with Crippen LogP contribution in [0, 0.1) is 6.92 Å². The number of methoxy groups -OCH3 is 1. The molecular weight excluding hydrogens is 388 g/mol. The summed E-state index contributed by atoms with van der Waals surface area (Å²) in [5.74, 6) is 0.496. The van der Waals surface area contributed by atoms with Crippen molar-refractivity contribution < 1.29 is 23.5 Å². The summed E-state index contributed by atoms with van der Waals surface area (Å²) in [4.78, 5) is 23.3. The monoisotopic (exact) mass is 408 g/mol. The second-order valence-electron chi connectivity index (χ2n) is 5.57. The third-order valence-corrected chi connectivity index (χ3v) is 4.51. The Balaban J connectivity index is 1.90. The molecule has 25 heavy (non-hydrogen) atoms. The summed E-state index contributed by atoms with van der Waals surface area (Å²) in [6.45, 7) is 2.04. The molecule has 1 aromatic heterocycles. The molecule has 0 bridgehead atoms. The molecule has 1 aromatic carbocycles. The maximum atomic E-state index is 12.3. The first-order chi connectivity index (χ1) is 12.0. The van der Waals surface area contributed by atoms with Crippen LogP contribution in [0.1, 0.15) is 41.8 Å². The normalized spacial score (nSPS) is 10.5. The Bertz CT molecular complexity index is 721. The van der Waals surface area contributed by atoms with Crippen molar-refractivity contribution in [3.63, 3.8) is 0 Å². The van der Waals surface area contributed by atoms with Crippen LogP contribution in [0.4, 0.5) is 0 Å². The minimum Gasteiger partial charge on any atom is -0.469 e. The van der Waals surface area contributed by atoms with Crippen molar-refractivity contribution in [2.45, 2.75) is 32.6 Å². The van der Waals surface area contributed by atoms with Gasteiger partial charge in [-0.2, -0.15) is 0 Å². The van der Waals surface area contributed by atoms with E-state index in [1.54, 1.807) is 6.92 Å². The molecule has 0 atom stereocenters. The van der Waals surface area contributed by atoms with E-state index in [-0.39, 0.29) is 5.97 Å². The number of furan rings is 1. The lowest BCUT2D eigenvalue weighted by Crippen LogP contribution is -2.08. The molecule has 0 saturated heterocycles. The number of ether oxygens (including phenoxy) is 2. The average Bonchev–Trinajstić information content (AvgIpc) is 2.92. The molecule has 6 heteroatoms. The van der Waals surface area contributed by atoms with Crippen LogP contribution < -0.4 is 0 Å². The average molecular weight is 409 g/mol. The fraction of sp³-hybridized carbons (Fsp3) is 0.368. The van der Waals surface area contributed by atoms with E-state index in [0.29, 0.717) is 41.0 Å². The Hall–Kier alpha value is -2.08. The van der Waals surface area contributed by atoms with Gasteiger partial charge in [0.25, 0.3) is 0 Å². The molecular formula is C19H21BrO5. The Morgan fingerprint density at radius 2 is 1.84 bits per heavy atom. The van der Waals surface area contributed by atoms with Crippen molar-refractivity contribution in [2.24, 2.45) is 0 Å².